The number of nitrogens with zero attached hydrogens (tertiary/aromatic N) is 2. The maximum atomic E-state index is 12.8. The van der Waals surface area contributed by atoms with Gasteiger partial charge in [-0.15, -0.1) is 11.3 Å². The number of rotatable bonds is 4. The van der Waals surface area contributed by atoms with Crippen LogP contribution < -0.4 is 21.3 Å². The molecule has 7 heteroatoms. The fraction of sp³-hybridized carbons (Fsp3) is 0.455. The summed E-state index contributed by atoms with van der Waals surface area (Å²) < 4.78 is 8.56. The SMILES string of the molecule is COc1cccc2c1CC[C@H]1C(CCn3c(=O)c4ccsc4n(C)c3=O)NC[C@@H]21. The highest BCUT2D eigenvalue weighted by atomic mass is 32.1. The second-order valence-electron chi connectivity index (χ2n) is 8.08. The van der Waals surface area contributed by atoms with Crippen molar-refractivity contribution in [1.82, 2.24) is 14.5 Å². The Kier molecular flexibility index (Phi) is 4.59. The van der Waals surface area contributed by atoms with Crippen LogP contribution in [0.15, 0.2) is 39.2 Å². The standard InChI is InChI=1S/C22H25N3O3S/c1-24-21-16(9-11-29-21)20(26)25(22(24)27)10-8-18-14-6-7-15-13(17(14)12-23-18)4-3-5-19(15)28-2/h3-5,9,11,14,17-18,23H,6-8,10,12H2,1-2H3/t14-,17+,18?/m1/s1. The Balaban J connectivity index is 1.39. The first-order valence-corrected chi connectivity index (χ1v) is 11.0. The molecule has 0 spiro atoms. The molecule has 0 saturated carbocycles. The molecule has 0 amide bonds. The molecule has 3 heterocycles. The normalized spacial score (nSPS) is 23.2. The van der Waals surface area contributed by atoms with Crippen molar-refractivity contribution >= 4 is 21.6 Å². The molecular weight excluding hydrogens is 386 g/mol. The number of ether oxygens (including phenoxy) is 1. The number of hydrogen-bond donors (Lipinski definition) is 1. The van der Waals surface area contributed by atoms with Crippen molar-refractivity contribution in [3.05, 3.63) is 61.6 Å². The lowest BCUT2D eigenvalue weighted by atomic mass is 9.74. The van der Waals surface area contributed by atoms with Crippen LogP contribution in [0.3, 0.4) is 0 Å². The summed E-state index contributed by atoms with van der Waals surface area (Å²) in [6.07, 6.45) is 2.90. The average Bonchev–Trinajstić information content (AvgIpc) is 3.39. The monoisotopic (exact) mass is 411 g/mol. The number of nitrogens with one attached hydrogen (secondary N) is 1. The summed E-state index contributed by atoms with van der Waals surface area (Å²) in [5.74, 6) is 1.99. The molecule has 3 aromatic rings. The maximum Gasteiger partial charge on any atom is 0.331 e. The number of fused-ring (bicyclic) bond motifs is 4. The molecule has 1 aliphatic heterocycles. The lowest BCUT2D eigenvalue weighted by Gasteiger charge is -2.31. The number of benzene rings is 1. The van der Waals surface area contributed by atoms with Gasteiger partial charge in [-0.05, 0) is 53.8 Å². The van der Waals surface area contributed by atoms with Crippen molar-refractivity contribution in [1.29, 1.82) is 0 Å². The molecule has 3 atom stereocenters. The molecule has 2 aromatic heterocycles. The molecule has 1 saturated heterocycles. The number of thiophene rings is 1. The Labute approximate surface area is 172 Å². The van der Waals surface area contributed by atoms with Gasteiger partial charge in [0, 0.05) is 32.1 Å². The van der Waals surface area contributed by atoms with Gasteiger partial charge in [0.05, 0.1) is 12.5 Å². The van der Waals surface area contributed by atoms with E-state index < -0.39 is 0 Å². The van der Waals surface area contributed by atoms with Crippen LogP contribution in [0.5, 0.6) is 5.75 Å². The van der Waals surface area contributed by atoms with E-state index in [0.717, 1.165) is 36.4 Å². The zero-order chi connectivity index (χ0) is 20.1. The van der Waals surface area contributed by atoms with Gasteiger partial charge in [-0.2, -0.15) is 0 Å². The molecule has 1 fully saturated rings. The van der Waals surface area contributed by atoms with Crippen molar-refractivity contribution in [3.8, 4) is 5.75 Å². The number of methoxy groups -OCH3 is 1. The maximum absolute atomic E-state index is 12.8. The first-order chi connectivity index (χ1) is 14.1. The molecule has 2 aliphatic rings. The molecule has 6 nitrogen and oxygen atoms in total. The fourth-order valence-corrected chi connectivity index (χ4v) is 6.16. The predicted octanol–water partition coefficient (Wildman–Crippen LogP) is 2.48. The molecule has 1 unspecified atom stereocenters. The lowest BCUT2D eigenvalue weighted by Crippen LogP contribution is -2.40. The Morgan fingerprint density at radius 2 is 2.14 bits per heavy atom. The van der Waals surface area contributed by atoms with Crippen LogP contribution in [-0.2, 0) is 20.0 Å². The Morgan fingerprint density at radius 3 is 2.97 bits per heavy atom. The van der Waals surface area contributed by atoms with Crippen LogP contribution in [0, 0.1) is 5.92 Å². The molecule has 1 N–H and O–H groups in total. The fourth-order valence-electron chi connectivity index (χ4n) is 5.31. The molecule has 29 heavy (non-hydrogen) atoms. The minimum Gasteiger partial charge on any atom is -0.496 e. The van der Waals surface area contributed by atoms with Crippen LogP contribution in [-0.4, -0.2) is 28.8 Å². The molecule has 152 valence electrons. The van der Waals surface area contributed by atoms with E-state index in [4.69, 9.17) is 4.74 Å². The number of aromatic nitrogens is 2. The van der Waals surface area contributed by atoms with Gasteiger partial charge in [0.2, 0.25) is 0 Å². The Hall–Kier alpha value is -2.38. The molecule has 1 aromatic carbocycles. The summed E-state index contributed by atoms with van der Waals surface area (Å²) in [7, 11) is 3.48. The van der Waals surface area contributed by atoms with Crippen LogP contribution in [0.2, 0.25) is 0 Å². The van der Waals surface area contributed by atoms with Crippen molar-refractivity contribution in [3.63, 3.8) is 0 Å². The molecule has 5 rings (SSSR count). The van der Waals surface area contributed by atoms with E-state index in [-0.39, 0.29) is 11.2 Å². The van der Waals surface area contributed by atoms with Crippen molar-refractivity contribution < 1.29 is 4.74 Å². The molecule has 0 bridgehead atoms. The second-order valence-corrected chi connectivity index (χ2v) is 8.97. The highest BCUT2D eigenvalue weighted by molar-refractivity contribution is 7.16. The average molecular weight is 412 g/mol. The van der Waals surface area contributed by atoms with E-state index in [2.05, 4.69) is 17.4 Å². The summed E-state index contributed by atoms with van der Waals surface area (Å²) in [5, 5.41) is 6.17. The van der Waals surface area contributed by atoms with Gasteiger partial charge in [0.1, 0.15) is 10.6 Å². The van der Waals surface area contributed by atoms with Crippen LogP contribution in [0.25, 0.3) is 10.2 Å². The summed E-state index contributed by atoms with van der Waals surface area (Å²) in [4.78, 5) is 26.3. The van der Waals surface area contributed by atoms with E-state index in [1.54, 1.807) is 18.7 Å². The third-order valence-electron chi connectivity index (χ3n) is 6.76. The molecular formula is C22H25N3O3S. The predicted molar refractivity (Wildman–Crippen MR) is 115 cm³/mol. The van der Waals surface area contributed by atoms with E-state index in [0.29, 0.717) is 29.8 Å². The summed E-state index contributed by atoms with van der Waals surface area (Å²) >= 11 is 1.43. The smallest absolute Gasteiger partial charge is 0.331 e. The topological polar surface area (TPSA) is 65.3 Å². The quantitative estimate of drug-likeness (QED) is 0.716. The second kappa shape index (κ2) is 7.15. The zero-order valence-electron chi connectivity index (χ0n) is 16.7. The highest BCUT2D eigenvalue weighted by Gasteiger charge is 2.40. The third-order valence-corrected chi connectivity index (χ3v) is 7.75. The Bertz CT molecular complexity index is 1190. The summed E-state index contributed by atoms with van der Waals surface area (Å²) in [6, 6.07) is 8.47. The number of aryl methyl sites for hydroxylation is 1. The highest BCUT2D eigenvalue weighted by Crippen LogP contribution is 2.44. The Morgan fingerprint density at radius 1 is 1.28 bits per heavy atom. The number of hydrogen-bond acceptors (Lipinski definition) is 5. The summed E-state index contributed by atoms with van der Waals surface area (Å²) in [5.41, 5.74) is 2.34. The summed E-state index contributed by atoms with van der Waals surface area (Å²) in [6.45, 7) is 1.38. The van der Waals surface area contributed by atoms with Gasteiger partial charge in [0.25, 0.3) is 5.56 Å². The largest absolute Gasteiger partial charge is 0.496 e. The van der Waals surface area contributed by atoms with Crippen molar-refractivity contribution in [2.24, 2.45) is 13.0 Å². The third kappa shape index (κ3) is 2.87. The van der Waals surface area contributed by atoms with E-state index in [1.807, 2.05) is 17.5 Å². The van der Waals surface area contributed by atoms with E-state index >= 15 is 0 Å². The van der Waals surface area contributed by atoms with E-state index in [9.17, 15) is 9.59 Å². The van der Waals surface area contributed by atoms with Gasteiger partial charge in [0.15, 0.2) is 0 Å². The first-order valence-electron chi connectivity index (χ1n) is 10.2. The first kappa shape index (κ1) is 18.6. The molecule has 1 aliphatic carbocycles. The van der Waals surface area contributed by atoms with Gasteiger partial charge in [-0.25, -0.2) is 4.79 Å². The minimum absolute atomic E-state index is 0.169. The van der Waals surface area contributed by atoms with Crippen LogP contribution >= 0.6 is 11.3 Å². The van der Waals surface area contributed by atoms with Crippen LogP contribution in [0.1, 0.15) is 29.9 Å². The van der Waals surface area contributed by atoms with Crippen LogP contribution in [0.4, 0.5) is 0 Å². The van der Waals surface area contributed by atoms with Gasteiger partial charge in [-0.3, -0.25) is 13.9 Å². The lowest BCUT2D eigenvalue weighted by molar-refractivity contribution is 0.337. The zero-order valence-corrected chi connectivity index (χ0v) is 17.5. The van der Waals surface area contributed by atoms with Crippen molar-refractivity contribution in [2.75, 3.05) is 13.7 Å². The van der Waals surface area contributed by atoms with Gasteiger partial charge < -0.3 is 10.1 Å². The van der Waals surface area contributed by atoms with E-state index in [1.165, 1.54) is 27.0 Å². The molecule has 0 radical (unpaired) electrons. The van der Waals surface area contributed by atoms with Gasteiger partial charge in [-0.1, -0.05) is 12.1 Å². The minimum atomic E-state index is -0.224. The van der Waals surface area contributed by atoms with Crippen molar-refractivity contribution in [2.45, 2.75) is 37.8 Å². The van der Waals surface area contributed by atoms with Gasteiger partial charge >= 0.3 is 5.69 Å².